The molecule has 76 valence electrons. The summed E-state index contributed by atoms with van der Waals surface area (Å²) in [5.74, 6) is 0. The number of aromatic nitrogens is 1. The molecule has 2 nitrogen and oxygen atoms in total. The smallest absolute Gasteiger partial charge is 0.152 e. The molecule has 0 aliphatic carbocycles. The number of carbonyl (C=O) groups excluding carboxylic acids is 1. The van der Waals surface area contributed by atoms with Crippen molar-refractivity contribution in [1.82, 2.24) is 4.57 Å². The molecule has 0 aliphatic heterocycles. The highest BCUT2D eigenvalue weighted by atomic mass is 79.9. The molecular formula is C12H10BrNO. The van der Waals surface area contributed by atoms with Gasteiger partial charge in [0.15, 0.2) is 6.29 Å². The van der Waals surface area contributed by atoms with Crippen molar-refractivity contribution < 1.29 is 4.79 Å². The summed E-state index contributed by atoms with van der Waals surface area (Å²) in [6, 6.07) is 7.70. The van der Waals surface area contributed by atoms with Gasteiger partial charge in [-0.15, -0.1) is 0 Å². The zero-order valence-corrected chi connectivity index (χ0v) is 9.70. The van der Waals surface area contributed by atoms with E-state index < -0.39 is 0 Å². The SMILES string of the molecule is C=C(Br)Cn1ccc2cccc(C=O)c21. The van der Waals surface area contributed by atoms with Gasteiger partial charge in [-0.05, 0) is 12.1 Å². The van der Waals surface area contributed by atoms with Gasteiger partial charge in [0.2, 0.25) is 0 Å². The second kappa shape index (κ2) is 4.03. The van der Waals surface area contributed by atoms with Gasteiger partial charge in [0.1, 0.15) is 0 Å². The second-order valence-corrected chi connectivity index (χ2v) is 4.49. The number of aldehydes is 1. The molecule has 0 amide bonds. The van der Waals surface area contributed by atoms with Crippen LogP contribution in [0.15, 0.2) is 41.5 Å². The number of fused-ring (bicyclic) bond motifs is 1. The number of benzene rings is 1. The van der Waals surface area contributed by atoms with Crippen LogP contribution in [0.4, 0.5) is 0 Å². The van der Waals surface area contributed by atoms with Crippen LogP contribution in [0.25, 0.3) is 10.9 Å². The number of para-hydroxylation sites is 1. The fraction of sp³-hybridized carbons (Fsp3) is 0.0833. The Morgan fingerprint density at radius 3 is 2.93 bits per heavy atom. The Kier molecular flexibility index (Phi) is 2.73. The third-order valence-corrected chi connectivity index (χ3v) is 2.54. The quantitative estimate of drug-likeness (QED) is 0.779. The minimum absolute atomic E-state index is 0.675. The van der Waals surface area contributed by atoms with Crippen LogP contribution in [0.2, 0.25) is 0 Å². The predicted molar refractivity (Wildman–Crippen MR) is 65.4 cm³/mol. The van der Waals surface area contributed by atoms with Crippen LogP contribution in [0.5, 0.6) is 0 Å². The molecule has 0 atom stereocenters. The molecule has 0 aliphatic rings. The van der Waals surface area contributed by atoms with Crippen molar-refractivity contribution in [2.24, 2.45) is 0 Å². The van der Waals surface area contributed by atoms with Crippen molar-refractivity contribution in [3.8, 4) is 0 Å². The summed E-state index contributed by atoms with van der Waals surface area (Å²) in [5.41, 5.74) is 1.68. The Morgan fingerprint density at radius 1 is 1.47 bits per heavy atom. The number of hydrogen-bond acceptors (Lipinski definition) is 1. The first kappa shape index (κ1) is 10.2. The molecule has 1 aromatic heterocycles. The Balaban J connectivity index is 2.65. The highest BCUT2D eigenvalue weighted by molar-refractivity contribution is 9.11. The van der Waals surface area contributed by atoms with Gasteiger partial charge in [0.05, 0.1) is 12.1 Å². The summed E-state index contributed by atoms with van der Waals surface area (Å²) in [6.07, 6.45) is 2.85. The van der Waals surface area contributed by atoms with Gasteiger partial charge in [-0.1, -0.05) is 34.6 Å². The number of carbonyl (C=O) groups is 1. The molecule has 1 aromatic carbocycles. The van der Waals surface area contributed by atoms with E-state index in [1.54, 1.807) is 0 Å². The van der Waals surface area contributed by atoms with Gasteiger partial charge in [-0.25, -0.2) is 0 Å². The maximum atomic E-state index is 10.9. The van der Waals surface area contributed by atoms with E-state index in [0.717, 1.165) is 21.7 Å². The Hall–Kier alpha value is -1.35. The molecule has 15 heavy (non-hydrogen) atoms. The third kappa shape index (κ3) is 1.88. The lowest BCUT2D eigenvalue weighted by Gasteiger charge is -2.05. The second-order valence-electron chi connectivity index (χ2n) is 3.36. The van der Waals surface area contributed by atoms with Gasteiger partial charge >= 0.3 is 0 Å². The summed E-state index contributed by atoms with van der Waals surface area (Å²) in [7, 11) is 0. The third-order valence-electron chi connectivity index (χ3n) is 2.29. The van der Waals surface area contributed by atoms with Crippen LogP contribution in [0.1, 0.15) is 10.4 Å². The molecule has 0 unspecified atom stereocenters. The number of halogens is 1. The number of allylic oxidation sites excluding steroid dienone is 1. The minimum Gasteiger partial charge on any atom is -0.342 e. The summed E-state index contributed by atoms with van der Waals surface area (Å²) < 4.78 is 2.90. The van der Waals surface area contributed by atoms with E-state index in [1.807, 2.05) is 35.0 Å². The van der Waals surface area contributed by atoms with Crippen molar-refractivity contribution in [2.45, 2.75) is 6.54 Å². The summed E-state index contributed by atoms with van der Waals surface area (Å²) >= 11 is 3.32. The van der Waals surface area contributed by atoms with E-state index in [-0.39, 0.29) is 0 Å². The van der Waals surface area contributed by atoms with Crippen LogP contribution in [0.3, 0.4) is 0 Å². The van der Waals surface area contributed by atoms with Crippen molar-refractivity contribution in [3.05, 3.63) is 47.1 Å². The van der Waals surface area contributed by atoms with Gasteiger partial charge < -0.3 is 4.57 Å². The number of hydrogen-bond donors (Lipinski definition) is 0. The minimum atomic E-state index is 0.675. The van der Waals surface area contributed by atoms with E-state index in [4.69, 9.17) is 0 Å². The summed E-state index contributed by atoms with van der Waals surface area (Å²) in [4.78, 5) is 10.9. The van der Waals surface area contributed by atoms with Gasteiger partial charge in [0, 0.05) is 21.6 Å². The lowest BCUT2D eigenvalue weighted by atomic mass is 10.1. The van der Waals surface area contributed by atoms with E-state index in [1.165, 1.54) is 0 Å². The first-order valence-electron chi connectivity index (χ1n) is 4.58. The molecule has 0 saturated heterocycles. The average Bonchev–Trinajstić information content (AvgIpc) is 2.61. The standard InChI is InChI=1S/C12H10BrNO/c1-9(13)7-14-6-5-10-3-2-4-11(8-15)12(10)14/h2-6,8H,1,7H2. The fourth-order valence-electron chi connectivity index (χ4n) is 1.70. The fourth-order valence-corrected chi connectivity index (χ4v) is 1.97. The topological polar surface area (TPSA) is 22.0 Å². The molecule has 0 fully saturated rings. The monoisotopic (exact) mass is 263 g/mol. The number of nitrogens with zero attached hydrogens (tertiary/aromatic N) is 1. The van der Waals surface area contributed by atoms with Crippen LogP contribution >= 0.6 is 15.9 Å². The van der Waals surface area contributed by atoms with Crippen molar-refractivity contribution in [3.63, 3.8) is 0 Å². The van der Waals surface area contributed by atoms with Gasteiger partial charge in [-0.2, -0.15) is 0 Å². The molecule has 1 heterocycles. The molecule has 3 heteroatoms. The first-order valence-corrected chi connectivity index (χ1v) is 5.38. The van der Waals surface area contributed by atoms with E-state index >= 15 is 0 Å². The predicted octanol–water partition coefficient (Wildman–Crippen LogP) is 3.36. The molecule has 2 rings (SSSR count). The maximum Gasteiger partial charge on any atom is 0.152 e. The molecule has 0 radical (unpaired) electrons. The zero-order chi connectivity index (χ0) is 10.8. The maximum absolute atomic E-state index is 10.9. The number of rotatable bonds is 3. The summed E-state index contributed by atoms with van der Waals surface area (Å²) in [6.45, 7) is 4.47. The highest BCUT2D eigenvalue weighted by Crippen LogP contribution is 2.20. The van der Waals surface area contributed by atoms with Crippen LogP contribution in [-0.4, -0.2) is 10.9 Å². The molecule has 0 saturated carbocycles. The lowest BCUT2D eigenvalue weighted by molar-refractivity contribution is 0.112. The molecule has 0 spiro atoms. The molecule has 0 bridgehead atoms. The van der Waals surface area contributed by atoms with Crippen molar-refractivity contribution >= 4 is 33.1 Å². The summed E-state index contributed by atoms with van der Waals surface area (Å²) in [5, 5.41) is 1.08. The van der Waals surface area contributed by atoms with Crippen LogP contribution in [0, 0.1) is 0 Å². The van der Waals surface area contributed by atoms with Crippen LogP contribution in [-0.2, 0) is 6.54 Å². The largest absolute Gasteiger partial charge is 0.342 e. The van der Waals surface area contributed by atoms with E-state index in [9.17, 15) is 4.79 Å². The highest BCUT2D eigenvalue weighted by Gasteiger charge is 2.05. The average molecular weight is 264 g/mol. The van der Waals surface area contributed by atoms with E-state index in [0.29, 0.717) is 12.1 Å². The normalized spacial score (nSPS) is 10.5. The zero-order valence-electron chi connectivity index (χ0n) is 8.11. The van der Waals surface area contributed by atoms with Crippen molar-refractivity contribution in [1.29, 1.82) is 0 Å². The van der Waals surface area contributed by atoms with E-state index in [2.05, 4.69) is 22.5 Å². The van der Waals surface area contributed by atoms with Crippen molar-refractivity contribution in [2.75, 3.05) is 0 Å². The lowest BCUT2D eigenvalue weighted by Crippen LogP contribution is -1.97. The Labute approximate surface area is 96.3 Å². The van der Waals surface area contributed by atoms with Crippen LogP contribution < -0.4 is 0 Å². The first-order chi connectivity index (χ1) is 7.22. The molecular weight excluding hydrogens is 254 g/mol. The molecule has 0 N–H and O–H groups in total. The molecule has 2 aromatic rings. The Bertz CT molecular complexity index is 527. The van der Waals surface area contributed by atoms with Gasteiger partial charge in [-0.3, -0.25) is 4.79 Å². The Morgan fingerprint density at radius 2 is 2.27 bits per heavy atom. The van der Waals surface area contributed by atoms with Gasteiger partial charge in [0.25, 0.3) is 0 Å².